The Kier molecular flexibility index (Phi) is 6.09. The van der Waals surface area contributed by atoms with Crippen LogP contribution in [-0.2, 0) is 6.54 Å². The van der Waals surface area contributed by atoms with E-state index in [1.807, 2.05) is 30.3 Å². The number of aromatic amines is 1. The minimum Gasteiger partial charge on any atom is -0.497 e. The van der Waals surface area contributed by atoms with Crippen LogP contribution >= 0.6 is 0 Å². The summed E-state index contributed by atoms with van der Waals surface area (Å²) in [7, 11) is 3.32. The normalized spacial score (nSPS) is 16.9. The number of likely N-dealkylation sites (tertiary alicyclic amines) is 1. The van der Waals surface area contributed by atoms with Crippen LogP contribution in [0.25, 0.3) is 11.4 Å². The third kappa shape index (κ3) is 4.68. The van der Waals surface area contributed by atoms with E-state index in [-0.39, 0.29) is 11.5 Å². The second-order valence-electron chi connectivity index (χ2n) is 7.55. The molecule has 1 aliphatic heterocycles. The Bertz CT molecular complexity index is 1030. The maximum absolute atomic E-state index is 12.3. The van der Waals surface area contributed by atoms with Crippen LogP contribution in [0.5, 0.6) is 11.5 Å². The van der Waals surface area contributed by atoms with Crippen molar-refractivity contribution in [1.29, 1.82) is 0 Å². The van der Waals surface area contributed by atoms with E-state index in [4.69, 9.17) is 14.5 Å². The first-order chi connectivity index (χ1) is 14.6. The van der Waals surface area contributed by atoms with Crippen molar-refractivity contribution in [2.45, 2.75) is 25.3 Å². The van der Waals surface area contributed by atoms with Gasteiger partial charge in [0.15, 0.2) is 0 Å². The topological polar surface area (TPSA) is 80.3 Å². The highest BCUT2D eigenvalue weighted by Crippen LogP contribution is 2.29. The Morgan fingerprint density at radius 3 is 2.53 bits per heavy atom. The van der Waals surface area contributed by atoms with Crippen molar-refractivity contribution >= 4 is 0 Å². The first-order valence-corrected chi connectivity index (χ1v) is 10.1. The summed E-state index contributed by atoms with van der Waals surface area (Å²) in [4.78, 5) is 26.3. The molecule has 7 heteroatoms. The summed E-state index contributed by atoms with van der Waals surface area (Å²) in [6.45, 7) is 2.66. The van der Waals surface area contributed by atoms with E-state index in [9.17, 15) is 4.79 Å². The van der Waals surface area contributed by atoms with Gasteiger partial charge in [-0.1, -0.05) is 0 Å². The molecule has 0 amide bonds. The Labute approximate surface area is 175 Å². The molecule has 0 bridgehead atoms. The Morgan fingerprint density at radius 1 is 1.10 bits per heavy atom. The van der Waals surface area contributed by atoms with Gasteiger partial charge in [-0.2, -0.15) is 0 Å². The van der Waals surface area contributed by atoms with Gasteiger partial charge in [-0.3, -0.25) is 14.7 Å². The van der Waals surface area contributed by atoms with E-state index in [0.717, 1.165) is 60.8 Å². The van der Waals surface area contributed by atoms with Crippen LogP contribution in [0.3, 0.4) is 0 Å². The van der Waals surface area contributed by atoms with Crippen LogP contribution in [0, 0.1) is 0 Å². The Morgan fingerprint density at radius 2 is 1.83 bits per heavy atom. The van der Waals surface area contributed by atoms with Crippen LogP contribution in [0.1, 0.15) is 30.0 Å². The summed E-state index contributed by atoms with van der Waals surface area (Å²) in [5.41, 5.74) is 2.73. The molecule has 1 N–H and O–H groups in total. The van der Waals surface area contributed by atoms with E-state index >= 15 is 0 Å². The van der Waals surface area contributed by atoms with Gasteiger partial charge in [0.05, 0.1) is 19.9 Å². The zero-order chi connectivity index (χ0) is 20.9. The second-order valence-corrected chi connectivity index (χ2v) is 7.55. The van der Waals surface area contributed by atoms with Gasteiger partial charge in [-0.15, -0.1) is 0 Å². The molecule has 1 unspecified atom stereocenters. The molecule has 4 rings (SSSR count). The zero-order valence-electron chi connectivity index (χ0n) is 17.3. The van der Waals surface area contributed by atoms with Crippen molar-refractivity contribution in [3.05, 3.63) is 70.4 Å². The lowest BCUT2D eigenvalue weighted by molar-refractivity contribution is 0.198. The fraction of sp³-hybridized carbons (Fsp3) is 0.348. The molecule has 0 aliphatic carbocycles. The maximum atomic E-state index is 12.3. The monoisotopic (exact) mass is 406 g/mol. The maximum Gasteiger partial charge on any atom is 0.251 e. The largest absolute Gasteiger partial charge is 0.497 e. The fourth-order valence-corrected chi connectivity index (χ4v) is 3.99. The molecule has 1 saturated heterocycles. The van der Waals surface area contributed by atoms with Crippen molar-refractivity contribution < 1.29 is 9.47 Å². The molecule has 1 atom stereocenters. The van der Waals surface area contributed by atoms with Crippen LogP contribution in [0.2, 0.25) is 0 Å². The second kappa shape index (κ2) is 9.09. The fourth-order valence-electron chi connectivity index (χ4n) is 3.99. The van der Waals surface area contributed by atoms with Gasteiger partial charge in [0.1, 0.15) is 17.3 Å². The standard InChI is InChI=1S/C23H26N4O3/c1-29-19-10-16(11-20(12-19)30-2)14-27-9-3-4-18(15-27)21-13-22(28)26-23(25-21)17-5-7-24-8-6-17/h5-8,10-13,18H,3-4,9,14-15H2,1-2H3,(H,25,26,28). The summed E-state index contributed by atoms with van der Waals surface area (Å²) in [5.74, 6) is 2.39. The van der Waals surface area contributed by atoms with Gasteiger partial charge in [-0.25, -0.2) is 4.98 Å². The predicted octanol–water partition coefficient (Wildman–Crippen LogP) is 3.23. The van der Waals surface area contributed by atoms with Crippen LogP contribution in [0.4, 0.5) is 0 Å². The summed E-state index contributed by atoms with van der Waals surface area (Å²) < 4.78 is 10.8. The van der Waals surface area contributed by atoms with E-state index in [1.165, 1.54) is 0 Å². The smallest absolute Gasteiger partial charge is 0.251 e. The summed E-state index contributed by atoms with van der Waals surface area (Å²) in [6, 6.07) is 11.3. The first-order valence-electron chi connectivity index (χ1n) is 10.1. The van der Waals surface area contributed by atoms with Gasteiger partial charge in [0.25, 0.3) is 5.56 Å². The van der Waals surface area contributed by atoms with Crippen molar-refractivity contribution in [3.8, 4) is 22.9 Å². The highest BCUT2D eigenvalue weighted by atomic mass is 16.5. The number of aromatic nitrogens is 3. The van der Waals surface area contributed by atoms with Crippen LogP contribution in [0.15, 0.2) is 53.6 Å². The number of ether oxygens (including phenoxy) is 2. The molecule has 2 aromatic heterocycles. The minimum absolute atomic E-state index is 0.124. The lowest BCUT2D eigenvalue weighted by atomic mass is 9.94. The van der Waals surface area contributed by atoms with Crippen molar-refractivity contribution in [2.75, 3.05) is 27.3 Å². The van der Waals surface area contributed by atoms with Gasteiger partial charge in [-0.05, 0) is 49.2 Å². The number of hydrogen-bond acceptors (Lipinski definition) is 6. The number of nitrogens with one attached hydrogen (secondary N) is 1. The lowest BCUT2D eigenvalue weighted by Crippen LogP contribution is -2.34. The predicted molar refractivity (Wildman–Crippen MR) is 115 cm³/mol. The first kappa shape index (κ1) is 20.1. The number of hydrogen-bond donors (Lipinski definition) is 1. The third-order valence-electron chi connectivity index (χ3n) is 5.46. The molecule has 3 heterocycles. The summed E-state index contributed by atoms with van der Waals surface area (Å²) in [5, 5.41) is 0. The van der Waals surface area contributed by atoms with E-state index in [0.29, 0.717) is 5.82 Å². The zero-order valence-corrected chi connectivity index (χ0v) is 17.3. The molecule has 0 spiro atoms. The van der Waals surface area contributed by atoms with E-state index in [2.05, 4.69) is 14.9 Å². The minimum atomic E-state index is -0.124. The van der Waals surface area contributed by atoms with Crippen molar-refractivity contribution in [2.24, 2.45) is 0 Å². The average Bonchev–Trinajstić information content (AvgIpc) is 2.79. The van der Waals surface area contributed by atoms with E-state index < -0.39 is 0 Å². The molecule has 1 aromatic carbocycles. The summed E-state index contributed by atoms with van der Waals surface area (Å²) >= 11 is 0. The number of pyridine rings is 1. The number of nitrogens with zero attached hydrogens (tertiary/aromatic N) is 3. The van der Waals surface area contributed by atoms with Gasteiger partial charge < -0.3 is 14.5 Å². The van der Waals surface area contributed by atoms with Crippen LogP contribution in [-0.4, -0.2) is 47.2 Å². The highest BCUT2D eigenvalue weighted by Gasteiger charge is 2.23. The SMILES string of the molecule is COc1cc(CN2CCCC(c3cc(=O)[nH]c(-c4ccncc4)n3)C2)cc(OC)c1. The molecule has 0 radical (unpaired) electrons. The number of H-pyrrole nitrogens is 1. The molecule has 7 nitrogen and oxygen atoms in total. The molecule has 1 aliphatic rings. The number of piperidine rings is 1. The van der Waals surface area contributed by atoms with Crippen molar-refractivity contribution in [3.63, 3.8) is 0 Å². The molecule has 30 heavy (non-hydrogen) atoms. The lowest BCUT2D eigenvalue weighted by Gasteiger charge is -2.32. The molecule has 1 fully saturated rings. The average molecular weight is 406 g/mol. The van der Waals surface area contributed by atoms with Crippen molar-refractivity contribution in [1.82, 2.24) is 19.9 Å². The number of rotatable bonds is 6. The number of benzene rings is 1. The quantitative estimate of drug-likeness (QED) is 0.677. The molecular weight excluding hydrogens is 380 g/mol. The summed E-state index contributed by atoms with van der Waals surface area (Å²) in [6.07, 6.45) is 5.48. The molecule has 0 saturated carbocycles. The highest BCUT2D eigenvalue weighted by molar-refractivity contribution is 5.53. The molecular formula is C23H26N4O3. The molecule has 156 valence electrons. The molecule has 3 aromatic rings. The van der Waals surface area contributed by atoms with E-state index in [1.54, 1.807) is 32.7 Å². The third-order valence-corrected chi connectivity index (χ3v) is 5.46. The Balaban J connectivity index is 1.53. The van der Waals surface area contributed by atoms with Gasteiger partial charge in [0, 0.05) is 49.1 Å². The van der Waals surface area contributed by atoms with Gasteiger partial charge >= 0.3 is 0 Å². The number of methoxy groups -OCH3 is 2. The van der Waals surface area contributed by atoms with Gasteiger partial charge in [0.2, 0.25) is 0 Å². The Hall–Kier alpha value is -3.19. The van der Waals surface area contributed by atoms with Crippen LogP contribution < -0.4 is 15.0 Å².